The van der Waals surface area contributed by atoms with Crippen LogP contribution in [0.4, 0.5) is 0 Å². The van der Waals surface area contributed by atoms with Crippen molar-refractivity contribution in [3.8, 4) is 16.9 Å². The van der Waals surface area contributed by atoms with Crippen molar-refractivity contribution in [2.75, 3.05) is 0 Å². The number of fused-ring (bicyclic) bond motifs is 3. The molecule has 0 N–H and O–H groups in total. The maximum atomic E-state index is 12.6. The van der Waals surface area contributed by atoms with Crippen LogP contribution in [0, 0.1) is 12.8 Å². The fourth-order valence-electron chi connectivity index (χ4n) is 5.63. The number of hydrogen-bond acceptors (Lipinski definition) is 3. The molecule has 0 spiro atoms. The third-order valence-corrected chi connectivity index (χ3v) is 7.37. The number of carbonyl (C=O) groups is 1. The summed E-state index contributed by atoms with van der Waals surface area (Å²) in [7, 11) is 0. The molecule has 3 aliphatic rings. The molecule has 3 fully saturated rings. The van der Waals surface area contributed by atoms with Crippen molar-refractivity contribution in [3.05, 3.63) is 60.3 Å². The minimum absolute atomic E-state index is 0.207. The van der Waals surface area contributed by atoms with Crippen molar-refractivity contribution in [3.63, 3.8) is 0 Å². The molecule has 0 radical (unpaired) electrons. The van der Waals surface area contributed by atoms with Crippen molar-refractivity contribution in [1.29, 1.82) is 0 Å². The predicted octanol–water partition coefficient (Wildman–Crippen LogP) is 5.52. The van der Waals surface area contributed by atoms with Crippen LogP contribution in [-0.2, 0) is 4.79 Å². The molecule has 3 heterocycles. The van der Waals surface area contributed by atoms with E-state index in [1.807, 2.05) is 12.3 Å². The van der Waals surface area contributed by atoms with Gasteiger partial charge in [-0.3, -0.25) is 9.78 Å². The summed E-state index contributed by atoms with van der Waals surface area (Å²) >= 11 is 0. The van der Waals surface area contributed by atoms with Crippen LogP contribution >= 0.6 is 0 Å². The first kappa shape index (κ1) is 18.9. The van der Waals surface area contributed by atoms with E-state index in [0.29, 0.717) is 23.9 Å². The molecule has 2 saturated heterocycles. The molecule has 2 aromatic carbocycles. The Kier molecular flexibility index (Phi) is 4.48. The van der Waals surface area contributed by atoms with E-state index >= 15 is 0 Å². The molecule has 31 heavy (non-hydrogen) atoms. The average Bonchev–Trinajstić information content (AvgIpc) is 3.60. The Morgan fingerprint density at radius 2 is 1.71 bits per heavy atom. The highest BCUT2D eigenvalue weighted by molar-refractivity contribution is 5.88. The first-order valence-corrected chi connectivity index (χ1v) is 11.6. The average molecular weight is 413 g/mol. The predicted molar refractivity (Wildman–Crippen MR) is 122 cm³/mol. The molecule has 4 nitrogen and oxygen atoms in total. The van der Waals surface area contributed by atoms with Gasteiger partial charge in [-0.15, -0.1) is 0 Å². The van der Waals surface area contributed by atoms with Gasteiger partial charge in [0.15, 0.2) is 0 Å². The van der Waals surface area contributed by atoms with Gasteiger partial charge in [0, 0.05) is 42.4 Å². The van der Waals surface area contributed by atoms with Gasteiger partial charge in [0.2, 0.25) is 5.91 Å². The van der Waals surface area contributed by atoms with Crippen LogP contribution in [0.3, 0.4) is 0 Å². The number of aromatic nitrogens is 1. The van der Waals surface area contributed by atoms with E-state index in [4.69, 9.17) is 4.74 Å². The van der Waals surface area contributed by atoms with E-state index in [1.54, 1.807) is 0 Å². The van der Waals surface area contributed by atoms with Crippen LogP contribution in [0.5, 0.6) is 5.75 Å². The maximum absolute atomic E-state index is 12.6. The van der Waals surface area contributed by atoms with Crippen molar-refractivity contribution >= 4 is 16.8 Å². The summed E-state index contributed by atoms with van der Waals surface area (Å²) in [4.78, 5) is 19.4. The zero-order chi connectivity index (χ0) is 20.9. The second-order valence-electron chi connectivity index (χ2n) is 9.45. The SMILES string of the molecule is Cc1c(-c2ccc(OC3C[C@H]4CC[C@@H](C3)N4C(=O)C3CC3)cc2)ccc2cccnc12. The highest BCUT2D eigenvalue weighted by atomic mass is 16.5. The number of rotatable bonds is 4. The van der Waals surface area contributed by atoms with E-state index < -0.39 is 0 Å². The third-order valence-electron chi connectivity index (χ3n) is 7.37. The van der Waals surface area contributed by atoms with Crippen LogP contribution in [-0.4, -0.2) is 34.0 Å². The fraction of sp³-hybridized carbons (Fsp3) is 0.407. The summed E-state index contributed by atoms with van der Waals surface area (Å²) in [5.41, 5.74) is 4.66. The Bertz CT molecular complexity index is 1120. The second-order valence-corrected chi connectivity index (χ2v) is 9.45. The van der Waals surface area contributed by atoms with Gasteiger partial charge in [0.25, 0.3) is 0 Å². The number of amides is 1. The lowest BCUT2D eigenvalue weighted by atomic mass is 9.97. The number of ether oxygens (including phenoxy) is 1. The van der Waals surface area contributed by atoms with Crippen LogP contribution in [0.1, 0.15) is 44.1 Å². The van der Waals surface area contributed by atoms with Crippen molar-refractivity contribution in [2.24, 2.45) is 5.92 Å². The summed E-state index contributed by atoms with van der Waals surface area (Å²) in [5.74, 6) is 1.66. The molecule has 158 valence electrons. The lowest BCUT2D eigenvalue weighted by molar-refractivity contribution is -0.138. The van der Waals surface area contributed by atoms with Gasteiger partial charge in [0.1, 0.15) is 11.9 Å². The van der Waals surface area contributed by atoms with Gasteiger partial charge in [-0.2, -0.15) is 0 Å². The van der Waals surface area contributed by atoms with Gasteiger partial charge in [0.05, 0.1) is 5.52 Å². The molecule has 2 bridgehead atoms. The normalized spacial score (nSPS) is 25.1. The number of benzene rings is 2. The molecule has 1 unspecified atom stereocenters. The van der Waals surface area contributed by atoms with Gasteiger partial charge in [-0.1, -0.05) is 30.3 Å². The summed E-state index contributed by atoms with van der Waals surface area (Å²) in [6, 6.07) is 17.6. The van der Waals surface area contributed by atoms with Crippen molar-refractivity contribution in [1.82, 2.24) is 9.88 Å². The maximum Gasteiger partial charge on any atom is 0.226 e. The molecule has 4 heteroatoms. The van der Waals surface area contributed by atoms with Crippen LogP contribution in [0.15, 0.2) is 54.7 Å². The molecule has 6 rings (SSSR count). The summed E-state index contributed by atoms with van der Waals surface area (Å²) < 4.78 is 6.38. The largest absolute Gasteiger partial charge is 0.490 e. The molecular weight excluding hydrogens is 384 g/mol. The Morgan fingerprint density at radius 1 is 0.968 bits per heavy atom. The fourth-order valence-corrected chi connectivity index (χ4v) is 5.63. The van der Waals surface area contributed by atoms with E-state index in [-0.39, 0.29) is 6.10 Å². The molecule has 2 aliphatic heterocycles. The van der Waals surface area contributed by atoms with Crippen LogP contribution < -0.4 is 4.74 Å². The summed E-state index contributed by atoms with van der Waals surface area (Å²) in [6.07, 6.45) is 8.44. The van der Waals surface area contributed by atoms with Crippen LogP contribution in [0.25, 0.3) is 22.0 Å². The molecule has 3 atom stereocenters. The minimum atomic E-state index is 0.207. The Morgan fingerprint density at radius 3 is 2.42 bits per heavy atom. The van der Waals surface area contributed by atoms with Crippen molar-refractivity contribution in [2.45, 2.75) is 63.6 Å². The molecule has 1 aliphatic carbocycles. The lowest BCUT2D eigenvalue weighted by Gasteiger charge is -2.39. The van der Waals surface area contributed by atoms with Gasteiger partial charge >= 0.3 is 0 Å². The van der Waals surface area contributed by atoms with E-state index in [1.165, 1.54) is 22.1 Å². The zero-order valence-electron chi connectivity index (χ0n) is 18.0. The first-order chi connectivity index (χ1) is 15.2. The molecule has 3 aromatic rings. The Balaban J connectivity index is 1.17. The van der Waals surface area contributed by atoms with E-state index in [9.17, 15) is 4.79 Å². The monoisotopic (exact) mass is 412 g/mol. The first-order valence-electron chi connectivity index (χ1n) is 11.6. The van der Waals surface area contributed by atoms with E-state index in [0.717, 1.165) is 49.8 Å². The lowest BCUT2D eigenvalue weighted by Crippen LogP contribution is -2.49. The molecular formula is C27H28N2O2. The highest BCUT2D eigenvalue weighted by Gasteiger charge is 2.47. The number of pyridine rings is 1. The number of nitrogens with zero attached hydrogens (tertiary/aromatic N) is 2. The van der Waals surface area contributed by atoms with Crippen LogP contribution in [0.2, 0.25) is 0 Å². The number of carbonyl (C=O) groups excluding carboxylic acids is 1. The number of aryl methyl sites for hydroxylation is 1. The highest BCUT2D eigenvalue weighted by Crippen LogP contribution is 2.42. The van der Waals surface area contributed by atoms with E-state index in [2.05, 4.69) is 59.3 Å². The molecule has 1 aromatic heterocycles. The third kappa shape index (κ3) is 3.38. The standard InChI is InChI=1S/C27H28N2O2/c1-17-25(13-8-19-3-2-14-28-26(17)19)18-6-11-23(12-7-18)31-24-15-21-9-10-22(16-24)29(21)27(30)20-4-5-20/h2-3,6-8,11-14,20-22,24H,4-5,9-10,15-16H2,1H3/t21-,22+,24?. The smallest absolute Gasteiger partial charge is 0.226 e. The number of hydrogen-bond donors (Lipinski definition) is 0. The quantitative estimate of drug-likeness (QED) is 0.567. The summed E-state index contributed by atoms with van der Waals surface area (Å²) in [5, 5.41) is 1.17. The van der Waals surface area contributed by atoms with Gasteiger partial charge in [-0.05, 0) is 67.5 Å². The summed E-state index contributed by atoms with van der Waals surface area (Å²) in [6.45, 7) is 2.14. The van der Waals surface area contributed by atoms with Gasteiger partial charge < -0.3 is 9.64 Å². The molecule has 1 amide bonds. The Hall–Kier alpha value is -2.88. The topological polar surface area (TPSA) is 42.4 Å². The minimum Gasteiger partial charge on any atom is -0.490 e. The zero-order valence-corrected chi connectivity index (χ0v) is 18.0. The Labute approximate surface area is 183 Å². The van der Waals surface area contributed by atoms with Crippen molar-refractivity contribution < 1.29 is 9.53 Å². The second kappa shape index (κ2) is 7.37. The molecule has 1 saturated carbocycles. The number of piperidine rings is 1. The van der Waals surface area contributed by atoms with Gasteiger partial charge in [-0.25, -0.2) is 0 Å².